The van der Waals surface area contributed by atoms with Gasteiger partial charge < -0.3 is 28.1 Å². The number of pyridine rings is 4. The molecule has 2 aliphatic carbocycles. The van der Waals surface area contributed by atoms with Crippen LogP contribution < -0.4 is 9.47 Å². The fourth-order valence-electron chi connectivity index (χ4n) is 14.1. The molecular weight excluding hydrogens is 1030 g/mol. The first-order valence-corrected chi connectivity index (χ1v) is 29.0. The summed E-state index contributed by atoms with van der Waals surface area (Å²) in [5, 5.41) is 4.34. The van der Waals surface area contributed by atoms with E-state index < -0.39 is 5.41 Å². The first-order valence-electron chi connectivity index (χ1n) is 29.0. The van der Waals surface area contributed by atoms with E-state index in [0.717, 1.165) is 143 Å². The molecular formula is C71H60N8O4. The number of aryl methyl sites for hydroxylation is 2. The number of aromatic nitrogens is 6. The zero-order chi connectivity index (χ0) is 55.2. The molecule has 12 nitrogen and oxygen atoms in total. The van der Waals surface area contributed by atoms with Crippen molar-refractivity contribution in [3.63, 3.8) is 0 Å². The number of nitrogens with zero attached hydrogens (tertiary/aromatic N) is 8. The second-order valence-electron chi connectivity index (χ2n) is 22.5. The first-order chi connectivity index (χ1) is 41.0. The van der Waals surface area contributed by atoms with Crippen LogP contribution in [0.4, 0.5) is 0 Å². The molecule has 2 saturated heterocycles. The molecule has 0 saturated carbocycles. The highest BCUT2D eigenvalue weighted by molar-refractivity contribution is 6.09. The molecule has 1 spiro atoms. The second-order valence-corrected chi connectivity index (χ2v) is 22.5. The summed E-state index contributed by atoms with van der Waals surface area (Å²) >= 11 is 0. The van der Waals surface area contributed by atoms with Crippen molar-refractivity contribution in [2.24, 2.45) is 0 Å². The van der Waals surface area contributed by atoms with E-state index in [1.165, 1.54) is 66.8 Å². The standard InChI is InChI=1S/C71H60N8O4/c1-45-35-49(78-67-15-19-72-41-59(67)60-42-73-20-16-68(60)78)5-11-53(45)47-3-9-55-56-10-4-48(54-12-6-50(36-46(54)2)79-69-17-21-74-43-61(69)62-44-75-22-18-70(62)79)38-66(56)71(65(55)37-47)63-13-7-51(82-33-27-76-23-29-80-30-24-76)39-57(63)58-40-52(8-14-64(58)71)83-34-28-77-25-31-81-32-26-77/h3-22,35-44H,23-34H2,1-2H3. The molecule has 0 unspecified atom stereocenters. The van der Waals surface area contributed by atoms with Crippen LogP contribution in [0.25, 0.3) is 99.5 Å². The third-order valence-corrected chi connectivity index (χ3v) is 18.1. The molecule has 2 fully saturated rings. The lowest BCUT2D eigenvalue weighted by Gasteiger charge is -2.31. The highest BCUT2D eigenvalue weighted by atomic mass is 16.5. The Morgan fingerprint density at radius 2 is 0.783 bits per heavy atom. The lowest BCUT2D eigenvalue weighted by molar-refractivity contribution is 0.0321. The summed E-state index contributed by atoms with van der Waals surface area (Å²) in [7, 11) is 0. The lowest BCUT2D eigenvalue weighted by Crippen LogP contribution is -2.38. The fraction of sp³-hybridized carbons (Fsp3) is 0.211. The molecule has 4 aliphatic rings. The quantitative estimate of drug-likeness (QED) is 0.117. The number of fused-ring (bicyclic) bond motifs is 16. The summed E-state index contributed by atoms with van der Waals surface area (Å²) in [5.41, 5.74) is 22.8. The Labute approximate surface area is 481 Å². The molecule has 12 aromatic rings. The predicted octanol–water partition coefficient (Wildman–Crippen LogP) is 13.2. The van der Waals surface area contributed by atoms with Gasteiger partial charge >= 0.3 is 0 Å². The summed E-state index contributed by atoms with van der Waals surface area (Å²) in [6.07, 6.45) is 15.3. The van der Waals surface area contributed by atoms with Crippen LogP contribution in [0.2, 0.25) is 0 Å². The van der Waals surface area contributed by atoms with Crippen molar-refractivity contribution < 1.29 is 18.9 Å². The minimum Gasteiger partial charge on any atom is -0.492 e. The van der Waals surface area contributed by atoms with Gasteiger partial charge in [-0.1, -0.05) is 48.5 Å². The Morgan fingerprint density at radius 3 is 1.17 bits per heavy atom. The van der Waals surface area contributed by atoms with Gasteiger partial charge in [0.15, 0.2) is 0 Å². The van der Waals surface area contributed by atoms with Gasteiger partial charge in [-0.25, -0.2) is 0 Å². The molecule has 0 N–H and O–H groups in total. The van der Waals surface area contributed by atoms with Gasteiger partial charge in [0.1, 0.15) is 24.7 Å². The number of ether oxygens (including phenoxy) is 4. The third kappa shape index (κ3) is 8.10. The van der Waals surface area contributed by atoms with Crippen LogP contribution >= 0.6 is 0 Å². The van der Waals surface area contributed by atoms with E-state index in [1.54, 1.807) is 0 Å². The van der Waals surface area contributed by atoms with E-state index >= 15 is 0 Å². The van der Waals surface area contributed by atoms with Crippen molar-refractivity contribution >= 4 is 43.6 Å². The molecule has 408 valence electrons. The smallest absolute Gasteiger partial charge is 0.120 e. The highest BCUT2D eigenvalue weighted by Gasteiger charge is 2.52. The van der Waals surface area contributed by atoms with Gasteiger partial charge in [-0.2, -0.15) is 0 Å². The zero-order valence-corrected chi connectivity index (χ0v) is 46.5. The monoisotopic (exact) mass is 1090 g/mol. The van der Waals surface area contributed by atoms with E-state index in [1.807, 2.05) is 49.6 Å². The van der Waals surface area contributed by atoms with Gasteiger partial charge in [-0.05, 0) is 177 Å². The van der Waals surface area contributed by atoms with Gasteiger partial charge in [0, 0.05) is 122 Å². The third-order valence-electron chi connectivity index (χ3n) is 18.1. The molecule has 8 heterocycles. The summed E-state index contributed by atoms with van der Waals surface area (Å²) in [4.78, 5) is 22.8. The average Bonchev–Trinajstić information content (AvgIpc) is 2.72. The van der Waals surface area contributed by atoms with Crippen molar-refractivity contribution in [1.82, 2.24) is 38.9 Å². The fourth-order valence-corrected chi connectivity index (χ4v) is 14.1. The number of hydrogen-bond donors (Lipinski definition) is 0. The molecule has 83 heavy (non-hydrogen) atoms. The largest absolute Gasteiger partial charge is 0.492 e. The average molecular weight is 1090 g/mol. The van der Waals surface area contributed by atoms with Gasteiger partial charge in [-0.15, -0.1) is 0 Å². The lowest BCUT2D eigenvalue weighted by atomic mass is 9.70. The van der Waals surface area contributed by atoms with E-state index in [0.29, 0.717) is 13.2 Å². The molecule has 0 bridgehead atoms. The van der Waals surface area contributed by atoms with Crippen LogP contribution in [-0.2, 0) is 14.9 Å². The Balaban J connectivity index is 0.851. The molecule has 0 atom stereocenters. The molecule has 2 aliphatic heterocycles. The van der Waals surface area contributed by atoms with Crippen molar-refractivity contribution in [2.75, 3.05) is 78.9 Å². The van der Waals surface area contributed by atoms with Crippen LogP contribution in [-0.4, -0.2) is 118 Å². The Kier molecular flexibility index (Phi) is 12.1. The Bertz CT molecular complexity index is 4160. The van der Waals surface area contributed by atoms with Crippen LogP contribution in [0.3, 0.4) is 0 Å². The highest BCUT2D eigenvalue weighted by Crippen LogP contribution is 2.64. The normalized spacial score (nSPS) is 15.5. The van der Waals surface area contributed by atoms with Gasteiger partial charge in [0.2, 0.25) is 0 Å². The maximum Gasteiger partial charge on any atom is 0.120 e. The predicted molar refractivity (Wildman–Crippen MR) is 328 cm³/mol. The number of benzene rings is 6. The van der Waals surface area contributed by atoms with Gasteiger partial charge in [-0.3, -0.25) is 29.7 Å². The Morgan fingerprint density at radius 1 is 0.398 bits per heavy atom. The van der Waals surface area contributed by atoms with Crippen molar-refractivity contribution in [2.45, 2.75) is 19.3 Å². The SMILES string of the molecule is Cc1cc(-n2c3ccncc3c3cnccc32)ccc1-c1ccc2c(c1)C1(c3ccc(OCCN4CCOCC4)cc3-c3cc(OCCN4CCOCC4)ccc31)c1cc(-c3ccc(-n4c5ccncc5c5cnccc54)cc3C)ccc1-2. The van der Waals surface area contributed by atoms with Gasteiger partial charge in [0.25, 0.3) is 0 Å². The number of rotatable bonds is 12. The van der Waals surface area contributed by atoms with E-state index in [-0.39, 0.29) is 0 Å². The first kappa shape index (κ1) is 49.7. The molecule has 6 aromatic carbocycles. The number of hydrogen-bond acceptors (Lipinski definition) is 10. The van der Waals surface area contributed by atoms with Gasteiger partial charge in [0.05, 0.1) is 53.9 Å². The van der Waals surface area contributed by atoms with Crippen LogP contribution in [0.5, 0.6) is 11.5 Å². The minimum atomic E-state index is -0.683. The number of morpholine rings is 2. The maximum atomic E-state index is 6.70. The van der Waals surface area contributed by atoms with Crippen LogP contribution in [0.1, 0.15) is 33.4 Å². The van der Waals surface area contributed by atoms with Crippen LogP contribution in [0.15, 0.2) is 183 Å². The van der Waals surface area contributed by atoms with Crippen molar-refractivity contribution in [3.05, 3.63) is 216 Å². The maximum absolute atomic E-state index is 6.70. The molecule has 6 aromatic heterocycles. The van der Waals surface area contributed by atoms with E-state index in [9.17, 15) is 0 Å². The molecule has 0 amide bonds. The van der Waals surface area contributed by atoms with E-state index in [2.05, 4.69) is 186 Å². The topological polar surface area (TPSA) is 105 Å². The summed E-state index contributed by atoms with van der Waals surface area (Å²) < 4.78 is 29.4. The van der Waals surface area contributed by atoms with Crippen molar-refractivity contribution in [1.29, 1.82) is 0 Å². The molecule has 0 radical (unpaired) electrons. The van der Waals surface area contributed by atoms with Crippen LogP contribution in [0, 0.1) is 13.8 Å². The minimum absolute atomic E-state index is 0.590. The molecule has 12 heteroatoms. The van der Waals surface area contributed by atoms with E-state index in [4.69, 9.17) is 18.9 Å². The van der Waals surface area contributed by atoms with Crippen molar-refractivity contribution in [3.8, 4) is 67.4 Å². The summed E-state index contributed by atoms with van der Waals surface area (Å²) in [6.45, 7) is 14.1. The summed E-state index contributed by atoms with van der Waals surface area (Å²) in [5.74, 6) is 1.72. The Hall–Kier alpha value is -9.04. The second kappa shape index (κ2) is 20.1. The molecule has 16 rings (SSSR count). The zero-order valence-electron chi connectivity index (χ0n) is 46.5. The summed E-state index contributed by atoms with van der Waals surface area (Å²) in [6, 6.07) is 50.2.